The van der Waals surface area contributed by atoms with Crippen molar-refractivity contribution in [3.05, 3.63) is 41.2 Å². The molecule has 1 atom stereocenters. The predicted molar refractivity (Wildman–Crippen MR) is 97.7 cm³/mol. The van der Waals surface area contributed by atoms with Crippen molar-refractivity contribution in [2.45, 2.75) is 32.7 Å². The van der Waals surface area contributed by atoms with Crippen LogP contribution in [-0.2, 0) is 11.2 Å². The molecular formula is C19H26FN3O3. The molecule has 2 rings (SSSR count). The van der Waals surface area contributed by atoms with Gasteiger partial charge < -0.3 is 20.7 Å². The van der Waals surface area contributed by atoms with Gasteiger partial charge in [-0.3, -0.25) is 9.59 Å². The van der Waals surface area contributed by atoms with Crippen LogP contribution in [0.5, 0.6) is 5.75 Å². The molecule has 2 amide bonds. The van der Waals surface area contributed by atoms with Crippen LogP contribution in [0.15, 0.2) is 30.1 Å². The smallest absolute Gasteiger partial charge is 0.254 e. The number of ether oxygens (including phenoxy) is 1. The summed E-state index contributed by atoms with van der Waals surface area (Å²) in [5.74, 6) is 0.249. The van der Waals surface area contributed by atoms with E-state index in [0.717, 1.165) is 12.0 Å². The highest BCUT2D eigenvalue weighted by molar-refractivity contribution is 5.98. The van der Waals surface area contributed by atoms with Crippen molar-refractivity contribution in [2.24, 2.45) is 5.73 Å². The number of carbonyl (C=O) groups excluding carboxylic acids is 2. The summed E-state index contributed by atoms with van der Waals surface area (Å²) in [5.41, 5.74) is 7.19. The maximum atomic E-state index is 12.6. The van der Waals surface area contributed by atoms with Crippen LogP contribution in [0, 0.1) is 0 Å². The number of hydrogen-bond acceptors (Lipinski definition) is 4. The Kier molecular flexibility index (Phi) is 7.15. The van der Waals surface area contributed by atoms with Gasteiger partial charge in [-0.05, 0) is 43.5 Å². The summed E-state index contributed by atoms with van der Waals surface area (Å²) in [6, 6.07) is 5.24. The molecule has 0 saturated heterocycles. The number of nitrogens with two attached hydrogens (primary N) is 1. The van der Waals surface area contributed by atoms with Gasteiger partial charge in [0.05, 0.1) is 12.9 Å². The molecule has 0 aromatic heterocycles. The molecule has 6 nitrogen and oxygen atoms in total. The molecule has 7 heteroatoms. The van der Waals surface area contributed by atoms with Crippen molar-refractivity contribution in [3.63, 3.8) is 0 Å². The zero-order valence-electron chi connectivity index (χ0n) is 15.3. The van der Waals surface area contributed by atoms with E-state index in [1.165, 1.54) is 0 Å². The van der Waals surface area contributed by atoms with E-state index in [4.69, 9.17) is 10.5 Å². The van der Waals surface area contributed by atoms with Crippen molar-refractivity contribution < 1.29 is 18.7 Å². The second-order valence-electron chi connectivity index (χ2n) is 6.43. The fourth-order valence-electron chi connectivity index (χ4n) is 2.66. The van der Waals surface area contributed by atoms with Gasteiger partial charge in [-0.15, -0.1) is 0 Å². The van der Waals surface area contributed by atoms with Crippen molar-refractivity contribution in [2.75, 3.05) is 26.2 Å². The molecule has 142 valence electrons. The van der Waals surface area contributed by atoms with Gasteiger partial charge in [0, 0.05) is 30.3 Å². The molecule has 1 aliphatic heterocycles. The Hall–Kier alpha value is -2.41. The van der Waals surface area contributed by atoms with Crippen molar-refractivity contribution in [1.29, 1.82) is 0 Å². The number of carbonyl (C=O) groups is 2. The molecule has 1 aliphatic rings. The first-order valence-corrected chi connectivity index (χ1v) is 8.81. The maximum Gasteiger partial charge on any atom is 0.254 e. The third kappa shape index (κ3) is 5.05. The average molecular weight is 363 g/mol. The summed E-state index contributed by atoms with van der Waals surface area (Å²) in [6.07, 6.45) is 1.93. The molecule has 3 N–H and O–H groups in total. The lowest BCUT2D eigenvalue weighted by Gasteiger charge is -2.28. The fraction of sp³-hybridized carbons (Fsp3) is 0.474. The van der Waals surface area contributed by atoms with Crippen molar-refractivity contribution >= 4 is 11.8 Å². The summed E-state index contributed by atoms with van der Waals surface area (Å²) < 4.78 is 18.1. The highest BCUT2D eigenvalue weighted by Crippen LogP contribution is 2.24. The van der Waals surface area contributed by atoms with Gasteiger partial charge in [0.25, 0.3) is 5.91 Å². The van der Waals surface area contributed by atoms with Crippen LogP contribution in [0.25, 0.3) is 0 Å². The van der Waals surface area contributed by atoms with Crippen LogP contribution in [0.3, 0.4) is 0 Å². The predicted octanol–water partition coefficient (Wildman–Crippen LogP) is 1.79. The molecule has 1 aromatic carbocycles. The van der Waals surface area contributed by atoms with Crippen LogP contribution >= 0.6 is 0 Å². The lowest BCUT2D eigenvalue weighted by molar-refractivity contribution is -0.122. The lowest BCUT2D eigenvalue weighted by Crippen LogP contribution is -2.45. The number of hydrogen-bond donors (Lipinski definition) is 2. The number of amides is 2. The van der Waals surface area contributed by atoms with Gasteiger partial charge in [-0.2, -0.15) is 0 Å². The number of rotatable bonds is 8. The molecule has 0 fully saturated rings. The normalized spacial score (nSPS) is 15.5. The van der Waals surface area contributed by atoms with Gasteiger partial charge in [0.15, 0.2) is 0 Å². The van der Waals surface area contributed by atoms with E-state index >= 15 is 0 Å². The third-order valence-electron chi connectivity index (χ3n) is 4.44. The van der Waals surface area contributed by atoms with Gasteiger partial charge in [0.2, 0.25) is 5.91 Å². The molecule has 0 bridgehead atoms. The lowest BCUT2D eigenvalue weighted by atomic mass is 9.98. The molecule has 0 radical (unpaired) electrons. The van der Waals surface area contributed by atoms with Gasteiger partial charge >= 0.3 is 0 Å². The molecule has 0 aliphatic carbocycles. The largest absolute Gasteiger partial charge is 0.489 e. The van der Waals surface area contributed by atoms with Crippen LogP contribution in [0.1, 0.15) is 36.2 Å². The topological polar surface area (TPSA) is 84.7 Å². The number of nitrogens with one attached hydrogen (secondary N) is 1. The Bertz CT molecular complexity index is 691. The van der Waals surface area contributed by atoms with Gasteiger partial charge in [-0.1, -0.05) is 6.92 Å². The van der Waals surface area contributed by atoms with E-state index in [0.29, 0.717) is 36.2 Å². The van der Waals surface area contributed by atoms with Crippen LogP contribution in [-0.4, -0.2) is 49.0 Å². The van der Waals surface area contributed by atoms with Gasteiger partial charge in [0.1, 0.15) is 12.4 Å². The molecular weight excluding hydrogens is 337 g/mol. The highest BCUT2D eigenvalue weighted by Gasteiger charge is 2.26. The van der Waals surface area contributed by atoms with E-state index in [2.05, 4.69) is 5.32 Å². The SMILES string of the molecule is CCC(C)NC(=O)CN1CCc2cc(OC/C(=C/F)CN)ccc2C1=O. The second-order valence-corrected chi connectivity index (χ2v) is 6.43. The molecule has 1 aromatic rings. The van der Waals surface area contributed by atoms with Gasteiger partial charge in [-0.25, -0.2) is 4.39 Å². The minimum absolute atomic E-state index is 0.0576. The van der Waals surface area contributed by atoms with E-state index < -0.39 is 0 Å². The monoisotopic (exact) mass is 363 g/mol. The molecule has 0 spiro atoms. The summed E-state index contributed by atoms with van der Waals surface area (Å²) in [5, 5.41) is 2.87. The zero-order chi connectivity index (χ0) is 19.1. The Morgan fingerprint density at radius 3 is 2.92 bits per heavy atom. The summed E-state index contributed by atoms with van der Waals surface area (Å²) in [4.78, 5) is 26.2. The Morgan fingerprint density at radius 1 is 1.50 bits per heavy atom. The number of benzene rings is 1. The zero-order valence-corrected chi connectivity index (χ0v) is 15.3. The standard InChI is InChI=1S/C19H26FN3O3/c1-3-13(2)22-18(24)11-23-7-6-15-8-16(4-5-17(15)19(23)25)26-12-14(9-20)10-21/h4-5,8-9,13H,3,6-7,10-12,21H2,1-2H3,(H,22,24)/b14-9+. The minimum atomic E-state index is -0.164. The first-order valence-electron chi connectivity index (χ1n) is 8.81. The second kappa shape index (κ2) is 9.33. The van der Waals surface area contributed by atoms with E-state index in [9.17, 15) is 14.0 Å². The van der Waals surface area contributed by atoms with E-state index in [1.807, 2.05) is 13.8 Å². The quantitative estimate of drug-likeness (QED) is 0.737. The fourth-order valence-corrected chi connectivity index (χ4v) is 2.66. The molecule has 1 heterocycles. The summed E-state index contributed by atoms with van der Waals surface area (Å²) in [7, 11) is 0. The van der Waals surface area contributed by atoms with E-state index in [1.54, 1.807) is 23.1 Å². The maximum absolute atomic E-state index is 12.6. The van der Waals surface area contributed by atoms with Crippen LogP contribution in [0.4, 0.5) is 4.39 Å². The molecule has 0 saturated carbocycles. The molecule has 26 heavy (non-hydrogen) atoms. The first-order chi connectivity index (χ1) is 12.5. The van der Waals surface area contributed by atoms with E-state index in [-0.39, 0.29) is 37.6 Å². The first kappa shape index (κ1) is 19.9. The number of fused-ring (bicyclic) bond motifs is 1. The van der Waals surface area contributed by atoms with Crippen LogP contribution < -0.4 is 15.8 Å². The third-order valence-corrected chi connectivity index (χ3v) is 4.44. The van der Waals surface area contributed by atoms with Crippen molar-refractivity contribution in [1.82, 2.24) is 10.2 Å². The molecule has 1 unspecified atom stereocenters. The minimum Gasteiger partial charge on any atom is -0.489 e. The average Bonchev–Trinajstić information content (AvgIpc) is 2.64. The Labute approximate surface area is 153 Å². The number of nitrogens with zero attached hydrogens (tertiary/aromatic N) is 1. The van der Waals surface area contributed by atoms with Crippen LogP contribution in [0.2, 0.25) is 0 Å². The Balaban J connectivity index is 2.01. The summed E-state index contributed by atoms with van der Waals surface area (Å²) >= 11 is 0. The summed E-state index contributed by atoms with van der Waals surface area (Å²) in [6.45, 7) is 4.62. The Morgan fingerprint density at radius 2 is 2.27 bits per heavy atom. The number of halogens is 1. The highest BCUT2D eigenvalue weighted by atomic mass is 19.1. The van der Waals surface area contributed by atoms with Crippen molar-refractivity contribution in [3.8, 4) is 5.75 Å².